The van der Waals surface area contributed by atoms with Gasteiger partial charge in [-0.1, -0.05) is 42.1 Å². The summed E-state index contributed by atoms with van der Waals surface area (Å²) in [7, 11) is -4.72. The highest BCUT2D eigenvalue weighted by molar-refractivity contribution is 6.48. The molecule has 0 aliphatic rings. The molecule has 1 rings (SSSR count). The normalized spacial score (nSPS) is 12.2. The third-order valence-corrected chi connectivity index (χ3v) is 2.61. The third-order valence-electron chi connectivity index (χ3n) is 1.58. The lowest BCUT2D eigenvalue weighted by atomic mass is 10.2. The molecule has 86 valence electrons. The van der Waals surface area contributed by atoms with E-state index in [9.17, 15) is 0 Å². The summed E-state index contributed by atoms with van der Waals surface area (Å²) in [5.74, 6) is 0. The Morgan fingerprint density at radius 2 is 1.88 bits per heavy atom. The molecule has 5 nitrogen and oxygen atoms in total. The van der Waals surface area contributed by atoms with E-state index in [1.807, 2.05) is 36.4 Å². The standard InChI is InChI=1S/C9H12O5Si2/c10-16(11,12)14-13-15-8-4-7-9-5-2-1-3-6-9/h1-6,8,10-12H,7H2. The van der Waals surface area contributed by atoms with Crippen LogP contribution in [0, 0.1) is 0 Å². The minimum absolute atomic E-state index is 0.191. The number of hydrogen-bond acceptors (Lipinski definition) is 5. The molecule has 0 heterocycles. The molecule has 0 fully saturated rings. The van der Waals surface area contributed by atoms with Crippen molar-refractivity contribution in [3.05, 3.63) is 47.7 Å². The first-order valence-corrected chi connectivity index (χ1v) is 7.28. The lowest BCUT2D eigenvalue weighted by Crippen LogP contribution is -2.39. The smallest absolute Gasteiger partial charge is 0.366 e. The first kappa shape index (κ1) is 13.3. The molecule has 0 aliphatic heterocycles. The fraction of sp³-hybridized carbons (Fsp3) is 0.111. The predicted molar refractivity (Wildman–Crippen MR) is 59.6 cm³/mol. The van der Waals surface area contributed by atoms with Crippen molar-refractivity contribution >= 4 is 18.8 Å². The van der Waals surface area contributed by atoms with E-state index >= 15 is 0 Å². The van der Waals surface area contributed by atoms with Gasteiger partial charge < -0.3 is 14.4 Å². The van der Waals surface area contributed by atoms with Gasteiger partial charge in [0.25, 0.3) is 0 Å². The summed E-state index contributed by atoms with van der Waals surface area (Å²) in [6.45, 7) is 0. The van der Waals surface area contributed by atoms with Gasteiger partial charge in [0.1, 0.15) is 0 Å². The quantitative estimate of drug-likeness (QED) is 0.282. The summed E-state index contributed by atoms with van der Waals surface area (Å²) >= 11 is 0. The maximum atomic E-state index is 8.44. The molecule has 16 heavy (non-hydrogen) atoms. The Kier molecular flexibility index (Phi) is 5.56. The van der Waals surface area contributed by atoms with Gasteiger partial charge >= 0.3 is 18.8 Å². The van der Waals surface area contributed by atoms with Gasteiger partial charge in [0.05, 0.1) is 0 Å². The summed E-state index contributed by atoms with van der Waals surface area (Å²) < 4.78 is 8.34. The van der Waals surface area contributed by atoms with E-state index < -0.39 is 9.05 Å². The van der Waals surface area contributed by atoms with Crippen LogP contribution in [-0.4, -0.2) is 33.2 Å². The zero-order valence-corrected chi connectivity index (χ0v) is 10.4. The van der Waals surface area contributed by atoms with Gasteiger partial charge in [-0.05, 0) is 12.0 Å². The maximum Gasteiger partial charge on any atom is 0.698 e. The van der Waals surface area contributed by atoms with Crippen molar-refractivity contribution in [2.24, 2.45) is 0 Å². The van der Waals surface area contributed by atoms with Crippen LogP contribution in [0.5, 0.6) is 0 Å². The van der Waals surface area contributed by atoms with Crippen LogP contribution in [0.3, 0.4) is 0 Å². The lowest BCUT2D eigenvalue weighted by molar-refractivity contribution is -0.176. The van der Waals surface area contributed by atoms with Crippen LogP contribution in [-0.2, 0) is 15.6 Å². The Morgan fingerprint density at radius 1 is 1.19 bits per heavy atom. The number of allylic oxidation sites excluding steroid dienone is 1. The van der Waals surface area contributed by atoms with Crippen molar-refractivity contribution in [3.8, 4) is 0 Å². The zero-order valence-electron chi connectivity index (χ0n) is 8.41. The van der Waals surface area contributed by atoms with E-state index in [-0.39, 0.29) is 9.76 Å². The summed E-state index contributed by atoms with van der Waals surface area (Å²) in [5.41, 5.74) is 2.85. The Bertz CT molecular complexity index is 322. The molecule has 0 saturated heterocycles. The molecule has 1 aromatic carbocycles. The first-order chi connectivity index (χ1) is 7.58. The highest BCUT2D eigenvalue weighted by Crippen LogP contribution is 1.99. The number of hydrogen-bond donors (Lipinski definition) is 3. The van der Waals surface area contributed by atoms with Gasteiger partial charge in [-0.3, -0.25) is 4.58 Å². The fourth-order valence-corrected chi connectivity index (χ4v) is 1.87. The number of rotatable bonds is 6. The van der Waals surface area contributed by atoms with Crippen LogP contribution in [0.4, 0.5) is 0 Å². The molecule has 0 bridgehead atoms. The topological polar surface area (TPSA) is 79.2 Å². The molecule has 2 radical (unpaired) electrons. The first-order valence-electron chi connectivity index (χ1n) is 4.54. The SMILES string of the molecule is O[Si](O)(O)OO[Si]C=CCc1ccccc1. The number of benzene rings is 1. The molecule has 0 atom stereocenters. The average molecular weight is 256 g/mol. The summed E-state index contributed by atoms with van der Waals surface area (Å²) in [4.78, 5) is 25.3. The van der Waals surface area contributed by atoms with Crippen molar-refractivity contribution in [2.45, 2.75) is 6.42 Å². The van der Waals surface area contributed by atoms with E-state index in [0.29, 0.717) is 0 Å². The van der Waals surface area contributed by atoms with Crippen LogP contribution in [0.25, 0.3) is 0 Å². The Morgan fingerprint density at radius 3 is 2.50 bits per heavy atom. The van der Waals surface area contributed by atoms with Crippen molar-refractivity contribution < 1.29 is 23.5 Å². The van der Waals surface area contributed by atoms with Crippen LogP contribution < -0.4 is 0 Å². The van der Waals surface area contributed by atoms with Gasteiger partial charge in [0.2, 0.25) is 0 Å². The monoisotopic (exact) mass is 256 g/mol. The molecule has 0 aliphatic carbocycles. The second-order valence-corrected chi connectivity index (χ2v) is 5.00. The van der Waals surface area contributed by atoms with Crippen LogP contribution in [0.1, 0.15) is 5.56 Å². The van der Waals surface area contributed by atoms with Gasteiger partial charge in [0, 0.05) is 0 Å². The second-order valence-electron chi connectivity index (χ2n) is 2.95. The zero-order chi connectivity index (χ0) is 11.9. The van der Waals surface area contributed by atoms with E-state index in [1.54, 1.807) is 5.70 Å². The maximum absolute atomic E-state index is 8.44. The van der Waals surface area contributed by atoms with Crippen molar-refractivity contribution in [2.75, 3.05) is 0 Å². The van der Waals surface area contributed by atoms with Gasteiger partial charge in [0.15, 0.2) is 0 Å². The van der Waals surface area contributed by atoms with E-state index in [1.165, 1.54) is 5.56 Å². The molecule has 0 unspecified atom stereocenters. The van der Waals surface area contributed by atoms with Crippen molar-refractivity contribution in [1.82, 2.24) is 0 Å². The molecule has 0 saturated carbocycles. The molecular formula is C9H12O5Si2. The molecule has 1 aromatic rings. The summed E-state index contributed by atoms with van der Waals surface area (Å²) in [5, 5.41) is 0. The van der Waals surface area contributed by atoms with Gasteiger partial charge in [-0.2, -0.15) is 0 Å². The summed E-state index contributed by atoms with van der Waals surface area (Å²) in [6.07, 6.45) is 2.63. The molecule has 0 amide bonds. The highest BCUT2D eigenvalue weighted by Gasteiger charge is 2.32. The second kappa shape index (κ2) is 6.71. The molecule has 7 heteroatoms. The minimum atomic E-state index is -4.53. The van der Waals surface area contributed by atoms with Crippen LogP contribution >= 0.6 is 0 Å². The predicted octanol–water partition coefficient (Wildman–Crippen LogP) is -0.277. The highest BCUT2D eigenvalue weighted by atomic mass is 28.4. The van der Waals surface area contributed by atoms with E-state index in [0.717, 1.165) is 6.42 Å². The molecule has 0 aromatic heterocycles. The third kappa shape index (κ3) is 6.64. The van der Waals surface area contributed by atoms with Crippen LogP contribution in [0.2, 0.25) is 0 Å². The Balaban J connectivity index is 2.14. The van der Waals surface area contributed by atoms with E-state index in [2.05, 4.69) is 9.15 Å². The minimum Gasteiger partial charge on any atom is -0.366 e. The molecule has 3 N–H and O–H groups in total. The van der Waals surface area contributed by atoms with Crippen molar-refractivity contribution in [3.63, 3.8) is 0 Å². The molecular weight excluding hydrogens is 244 g/mol. The molecule has 0 spiro atoms. The summed E-state index contributed by atoms with van der Waals surface area (Å²) in [6, 6.07) is 9.85. The van der Waals surface area contributed by atoms with Gasteiger partial charge in [-0.15, -0.1) is 0 Å². The largest absolute Gasteiger partial charge is 0.698 e. The Labute approximate surface area is 96.9 Å². The van der Waals surface area contributed by atoms with Gasteiger partial charge in [-0.25, -0.2) is 4.58 Å². The van der Waals surface area contributed by atoms with E-state index in [4.69, 9.17) is 14.4 Å². The van der Waals surface area contributed by atoms with Crippen LogP contribution in [0.15, 0.2) is 42.1 Å². The lowest BCUT2D eigenvalue weighted by Gasteiger charge is -2.06. The fourth-order valence-electron chi connectivity index (χ4n) is 0.965. The Hall–Kier alpha value is -0.806. The average Bonchev–Trinajstić information content (AvgIpc) is 2.23. The van der Waals surface area contributed by atoms with Crippen molar-refractivity contribution in [1.29, 1.82) is 0 Å².